The van der Waals surface area contributed by atoms with Crippen LogP contribution in [0.15, 0.2) is 67.3 Å². The Morgan fingerprint density at radius 1 is 1.10 bits per heavy atom. The lowest BCUT2D eigenvalue weighted by molar-refractivity contribution is 0.0783. The molecule has 0 aliphatic heterocycles. The molecule has 1 aliphatic rings. The molecule has 0 radical (unpaired) electrons. The monoisotopic (exact) mass is 386 g/mol. The molecule has 1 aromatic carbocycles. The molecule has 1 atom stereocenters. The van der Waals surface area contributed by atoms with Crippen LogP contribution in [0.5, 0.6) is 0 Å². The maximum atomic E-state index is 10.3. The molecule has 3 aromatic rings. The van der Waals surface area contributed by atoms with Crippen molar-refractivity contribution in [1.82, 2.24) is 15.0 Å². The highest BCUT2D eigenvalue weighted by molar-refractivity contribution is 5.92. The number of nitrogens with zero attached hydrogens (tertiary/aromatic N) is 3. The molecule has 2 aromatic heterocycles. The van der Waals surface area contributed by atoms with Gasteiger partial charge in [0, 0.05) is 28.9 Å². The molecule has 29 heavy (non-hydrogen) atoms. The summed E-state index contributed by atoms with van der Waals surface area (Å²) in [6.45, 7) is 5.71. The first-order valence-corrected chi connectivity index (χ1v) is 9.96. The summed E-state index contributed by atoms with van der Waals surface area (Å²) < 4.78 is 0. The predicted octanol–water partition coefficient (Wildman–Crippen LogP) is 5.00. The van der Waals surface area contributed by atoms with Crippen LogP contribution in [0, 0.1) is 0 Å². The standard InChI is InChI=1S/C24H26N4O/c1-4-24(10-6-5-7-11-24)28-22-20-13-17(8-9-21(20)26-16-27-22)18-12-19(15-25-14-18)23(2,3)29/h5-10,12-16,29H,4,11H2,1-3H3,(H,26,27,28). The first-order chi connectivity index (χ1) is 13.9. The van der Waals surface area contributed by atoms with Gasteiger partial charge in [0.2, 0.25) is 0 Å². The Balaban J connectivity index is 1.77. The van der Waals surface area contributed by atoms with E-state index >= 15 is 0 Å². The normalized spacial score (nSPS) is 18.9. The summed E-state index contributed by atoms with van der Waals surface area (Å²) in [5, 5.41) is 15.0. The minimum atomic E-state index is -0.940. The van der Waals surface area contributed by atoms with Crippen LogP contribution in [0.4, 0.5) is 5.82 Å². The van der Waals surface area contributed by atoms with Crippen molar-refractivity contribution in [3.05, 3.63) is 72.9 Å². The summed E-state index contributed by atoms with van der Waals surface area (Å²) in [6, 6.07) is 8.11. The summed E-state index contributed by atoms with van der Waals surface area (Å²) in [5.41, 5.74) is 2.55. The highest BCUT2D eigenvalue weighted by Gasteiger charge is 2.26. The number of pyridine rings is 1. The number of rotatable bonds is 5. The molecule has 0 bridgehead atoms. The van der Waals surface area contributed by atoms with Gasteiger partial charge < -0.3 is 10.4 Å². The van der Waals surface area contributed by atoms with Gasteiger partial charge in [0.25, 0.3) is 0 Å². The third-order valence-corrected chi connectivity index (χ3v) is 5.56. The van der Waals surface area contributed by atoms with Gasteiger partial charge in [-0.1, -0.05) is 37.3 Å². The number of hydrogen-bond acceptors (Lipinski definition) is 5. The van der Waals surface area contributed by atoms with Gasteiger partial charge in [-0.3, -0.25) is 4.98 Å². The minimum absolute atomic E-state index is 0.144. The van der Waals surface area contributed by atoms with E-state index in [1.54, 1.807) is 26.4 Å². The molecular weight excluding hydrogens is 360 g/mol. The van der Waals surface area contributed by atoms with E-state index in [-0.39, 0.29) is 5.54 Å². The molecule has 0 amide bonds. The molecule has 5 nitrogen and oxygen atoms in total. The van der Waals surface area contributed by atoms with Crippen molar-refractivity contribution in [1.29, 1.82) is 0 Å². The zero-order valence-corrected chi connectivity index (χ0v) is 17.1. The van der Waals surface area contributed by atoms with Crippen LogP contribution in [-0.4, -0.2) is 25.6 Å². The van der Waals surface area contributed by atoms with Gasteiger partial charge in [0.05, 0.1) is 16.7 Å². The Kier molecular flexibility index (Phi) is 4.92. The van der Waals surface area contributed by atoms with E-state index in [0.29, 0.717) is 0 Å². The largest absolute Gasteiger partial charge is 0.386 e. The maximum Gasteiger partial charge on any atom is 0.137 e. The second-order valence-electron chi connectivity index (χ2n) is 8.10. The third kappa shape index (κ3) is 3.91. The van der Waals surface area contributed by atoms with Crippen LogP contribution in [0.2, 0.25) is 0 Å². The van der Waals surface area contributed by atoms with Crippen LogP contribution in [0.1, 0.15) is 39.2 Å². The first kappa shape index (κ1) is 19.3. The second-order valence-corrected chi connectivity index (χ2v) is 8.10. The molecule has 0 fully saturated rings. The molecule has 2 heterocycles. The summed E-state index contributed by atoms with van der Waals surface area (Å²) in [5.74, 6) is 0.824. The van der Waals surface area contributed by atoms with Crippen molar-refractivity contribution in [2.24, 2.45) is 0 Å². The zero-order valence-electron chi connectivity index (χ0n) is 17.1. The van der Waals surface area contributed by atoms with Gasteiger partial charge in [-0.25, -0.2) is 9.97 Å². The lowest BCUT2D eigenvalue weighted by Crippen LogP contribution is -2.36. The smallest absolute Gasteiger partial charge is 0.137 e. The van der Waals surface area contributed by atoms with E-state index in [2.05, 4.69) is 57.6 Å². The van der Waals surface area contributed by atoms with Gasteiger partial charge in [-0.2, -0.15) is 0 Å². The van der Waals surface area contributed by atoms with Crippen LogP contribution >= 0.6 is 0 Å². The summed E-state index contributed by atoms with van der Waals surface area (Å²) in [7, 11) is 0. The first-order valence-electron chi connectivity index (χ1n) is 9.96. The molecule has 0 saturated heterocycles. The second kappa shape index (κ2) is 7.41. The van der Waals surface area contributed by atoms with Crippen LogP contribution < -0.4 is 5.32 Å². The number of aromatic nitrogens is 3. The molecule has 1 unspecified atom stereocenters. The lowest BCUT2D eigenvalue weighted by atomic mass is 9.88. The molecule has 0 spiro atoms. The fraction of sp³-hybridized carbons (Fsp3) is 0.292. The van der Waals surface area contributed by atoms with E-state index in [0.717, 1.165) is 46.3 Å². The number of allylic oxidation sites excluding steroid dienone is 2. The zero-order chi connectivity index (χ0) is 20.5. The Morgan fingerprint density at radius 2 is 1.97 bits per heavy atom. The van der Waals surface area contributed by atoms with Gasteiger partial charge in [-0.05, 0) is 50.5 Å². The Hall–Kier alpha value is -3.05. The Bertz CT molecular complexity index is 1100. The molecule has 5 heteroatoms. The van der Waals surface area contributed by atoms with Gasteiger partial charge in [-0.15, -0.1) is 0 Å². The predicted molar refractivity (Wildman–Crippen MR) is 118 cm³/mol. The molecule has 4 rings (SSSR count). The van der Waals surface area contributed by atoms with Crippen molar-refractivity contribution in [2.75, 3.05) is 5.32 Å². The third-order valence-electron chi connectivity index (χ3n) is 5.56. The summed E-state index contributed by atoms with van der Waals surface area (Å²) in [4.78, 5) is 13.3. The van der Waals surface area contributed by atoms with Crippen molar-refractivity contribution < 1.29 is 5.11 Å². The van der Waals surface area contributed by atoms with E-state index in [1.165, 1.54) is 0 Å². The number of benzene rings is 1. The van der Waals surface area contributed by atoms with Gasteiger partial charge in [0.15, 0.2) is 0 Å². The number of hydrogen-bond donors (Lipinski definition) is 2. The molecule has 1 aliphatic carbocycles. The van der Waals surface area contributed by atoms with Crippen molar-refractivity contribution in [3.63, 3.8) is 0 Å². The van der Waals surface area contributed by atoms with E-state index < -0.39 is 5.60 Å². The average Bonchev–Trinajstić information content (AvgIpc) is 2.74. The summed E-state index contributed by atoms with van der Waals surface area (Å²) in [6.07, 6.45) is 15.5. The van der Waals surface area contributed by atoms with Crippen LogP contribution in [0.3, 0.4) is 0 Å². The molecule has 2 N–H and O–H groups in total. The van der Waals surface area contributed by atoms with E-state index in [1.807, 2.05) is 24.4 Å². The van der Waals surface area contributed by atoms with Crippen molar-refractivity contribution in [3.8, 4) is 11.1 Å². The maximum absolute atomic E-state index is 10.3. The van der Waals surface area contributed by atoms with Crippen LogP contribution in [-0.2, 0) is 5.60 Å². The number of fused-ring (bicyclic) bond motifs is 1. The number of nitrogens with one attached hydrogen (secondary N) is 1. The van der Waals surface area contributed by atoms with Gasteiger partial charge >= 0.3 is 0 Å². The lowest BCUT2D eigenvalue weighted by Gasteiger charge is -2.32. The van der Waals surface area contributed by atoms with E-state index in [4.69, 9.17) is 0 Å². The van der Waals surface area contributed by atoms with Gasteiger partial charge in [0.1, 0.15) is 12.1 Å². The quantitative estimate of drug-likeness (QED) is 0.646. The Morgan fingerprint density at radius 3 is 2.69 bits per heavy atom. The van der Waals surface area contributed by atoms with Crippen LogP contribution in [0.25, 0.3) is 22.0 Å². The number of anilines is 1. The Labute approximate surface area is 171 Å². The fourth-order valence-corrected chi connectivity index (χ4v) is 3.61. The molecule has 0 saturated carbocycles. The summed E-state index contributed by atoms with van der Waals surface area (Å²) >= 11 is 0. The highest BCUT2D eigenvalue weighted by Crippen LogP contribution is 2.32. The average molecular weight is 386 g/mol. The fourth-order valence-electron chi connectivity index (χ4n) is 3.61. The molecular formula is C24H26N4O. The minimum Gasteiger partial charge on any atom is -0.386 e. The SMILES string of the molecule is CCC1(Nc2ncnc3ccc(-c4cncc(C(C)(C)O)c4)cc23)C=CC=CC1. The topological polar surface area (TPSA) is 70.9 Å². The van der Waals surface area contributed by atoms with E-state index in [9.17, 15) is 5.11 Å². The van der Waals surface area contributed by atoms with Crippen molar-refractivity contribution in [2.45, 2.75) is 44.8 Å². The highest BCUT2D eigenvalue weighted by atomic mass is 16.3. The number of aliphatic hydroxyl groups is 1. The van der Waals surface area contributed by atoms with Crippen molar-refractivity contribution >= 4 is 16.7 Å². The molecule has 148 valence electrons.